The molecule has 1 amide bonds. The van der Waals surface area contributed by atoms with E-state index in [0.717, 1.165) is 22.4 Å². The Morgan fingerprint density at radius 3 is 2.62 bits per heavy atom. The van der Waals surface area contributed by atoms with Crippen LogP contribution in [0.5, 0.6) is 5.75 Å². The third-order valence-corrected chi connectivity index (χ3v) is 3.67. The quantitative estimate of drug-likeness (QED) is 0.627. The van der Waals surface area contributed by atoms with Crippen molar-refractivity contribution >= 4 is 23.7 Å². The molecule has 2 aromatic rings. The van der Waals surface area contributed by atoms with Gasteiger partial charge in [-0.25, -0.2) is 5.43 Å². The molecule has 0 saturated carbocycles. The molecule has 5 heteroatoms. The molecule has 0 unspecified atom stereocenters. The minimum absolute atomic E-state index is 0.0822. The number of benzene rings is 2. The lowest BCUT2D eigenvalue weighted by molar-refractivity contribution is -0.123. The number of carbonyl (C=O) groups is 1. The summed E-state index contributed by atoms with van der Waals surface area (Å²) in [5.41, 5.74) is 5.48. The molecular formula is C19H21ClN2O2. The number of hydrazone groups is 1. The molecule has 0 radical (unpaired) electrons. The zero-order valence-electron chi connectivity index (χ0n) is 14.0. The van der Waals surface area contributed by atoms with Gasteiger partial charge >= 0.3 is 0 Å². The SMILES string of the molecule is Cc1ccc(C(C)C)c(OCC(=O)NN=Cc2ccc(Cl)cc2)c1. The predicted octanol–water partition coefficient (Wildman–Crippen LogP) is 4.30. The van der Waals surface area contributed by atoms with Crippen LogP contribution in [0.2, 0.25) is 5.02 Å². The van der Waals surface area contributed by atoms with Crippen LogP contribution in [0, 0.1) is 6.92 Å². The first-order valence-electron chi connectivity index (χ1n) is 7.76. The van der Waals surface area contributed by atoms with Crippen molar-refractivity contribution in [1.29, 1.82) is 0 Å². The molecule has 0 saturated heterocycles. The molecule has 0 fully saturated rings. The Hall–Kier alpha value is -2.33. The van der Waals surface area contributed by atoms with Crippen LogP contribution in [-0.2, 0) is 4.79 Å². The van der Waals surface area contributed by atoms with Gasteiger partial charge in [0.05, 0.1) is 6.21 Å². The van der Waals surface area contributed by atoms with Crippen LogP contribution < -0.4 is 10.2 Å². The number of halogens is 1. The van der Waals surface area contributed by atoms with Crippen molar-refractivity contribution in [2.45, 2.75) is 26.7 Å². The molecule has 2 aromatic carbocycles. The minimum Gasteiger partial charge on any atom is -0.483 e. The average Bonchev–Trinajstić information content (AvgIpc) is 2.54. The van der Waals surface area contributed by atoms with E-state index in [4.69, 9.17) is 16.3 Å². The number of aryl methyl sites for hydroxylation is 1. The first kappa shape index (κ1) is 18.0. The molecule has 0 atom stereocenters. The van der Waals surface area contributed by atoms with E-state index >= 15 is 0 Å². The van der Waals surface area contributed by atoms with Gasteiger partial charge < -0.3 is 4.74 Å². The summed E-state index contributed by atoms with van der Waals surface area (Å²) in [6.45, 7) is 6.09. The summed E-state index contributed by atoms with van der Waals surface area (Å²) in [5.74, 6) is 0.754. The molecule has 4 nitrogen and oxygen atoms in total. The van der Waals surface area contributed by atoms with Crippen LogP contribution in [-0.4, -0.2) is 18.7 Å². The predicted molar refractivity (Wildman–Crippen MR) is 98.0 cm³/mol. The van der Waals surface area contributed by atoms with Crippen LogP contribution in [0.3, 0.4) is 0 Å². The van der Waals surface area contributed by atoms with Crippen LogP contribution in [0.15, 0.2) is 47.6 Å². The summed E-state index contributed by atoms with van der Waals surface area (Å²) in [4.78, 5) is 11.9. The Balaban J connectivity index is 1.89. The first-order valence-corrected chi connectivity index (χ1v) is 8.14. The van der Waals surface area contributed by atoms with Gasteiger partial charge in [-0.1, -0.05) is 49.7 Å². The van der Waals surface area contributed by atoms with Gasteiger partial charge in [-0.05, 0) is 47.7 Å². The normalized spacial score (nSPS) is 11.0. The van der Waals surface area contributed by atoms with E-state index in [-0.39, 0.29) is 12.5 Å². The Bertz CT molecular complexity index is 725. The highest BCUT2D eigenvalue weighted by molar-refractivity contribution is 6.30. The molecule has 0 aromatic heterocycles. The van der Waals surface area contributed by atoms with Gasteiger partial charge in [0.2, 0.25) is 0 Å². The fraction of sp³-hybridized carbons (Fsp3) is 0.263. The van der Waals surface area contributed by atoms with Gasteiger partial charge in [0.15, 0.2) is 6.61 Å². The van der Waals surface area contributed by atoms with E-state index in [1.807, 2.05) is 37.3 Å². The van der Waals surface area contributed by atoms with E-state index in [2.05, 4.69) is 24.4 Å². The molecular weight excluding hydrogens is 324 g/mol. The van der Waals surface area contributed by atoms with Crippen molar-refractivity contribution in [3.8, 4) is 5.75 Å². The maximum Gasteiger partial charge on any atom is 0.277 e. The largest absolute Gasteiger partial charge is 0.483 e. The Morgan fingerprint density at radius 1 is 1.25 bits per heavy atom. The topological polar surface area (TPSA) is 50.7 Å². The summed E-state index contributed by atoms with van der Waals surface area (Å²) in [6.07, 6.45) is 1.56. The Kier molecular flexibility index (Phi) is 6.38. The Morgan fingerprint density at radius 2 is 1.96 bits per heavy atom. The molecule has 0 aliphatic heterocycles. The van der Waals surface area contributed by atoms with Crippen molar-refractivity contribution < 1.29 is 9.53 Å². The molecule has 1 N–H and O–H groups in total. The number of hydrogen-bond donors (Lipinski definition) is 1. The van der Waals surface area contributed by atoms with E-state index in [9.17, 15) is 4.79 Å². The molecule has 0 aliphatic rings. The number of hydrogen-bond acceptors (Lipinski definition) is 3. The lowest BCUT2D eigenvalue weighted by Gasteiger charge is -2.14. The van der Waals surface area contributed by atoms with Crippen LogP contribution in [0.1, 0.15) is 36.5 Å². The second-order valence-electron chi connectivity index (χ2n) is 5.83. The van der Waals surface area contributed by atoms with Gasteiger partial charge in [0, 0.05) is 5.02 Å². The van der Waals surface area contributed by atoms with Gasteiger partial charge in [-0.15, -0.1) is 0 Å². The highest BCUT2D eigenvalue weighted by atomic mass is 35.5. The van der Waals surface area contributed by atoms with Crippen LogP contribution in [0.4, 0.5) is 0 Å². The smallest absolute Gasteiger partial charge is 0.277 e. The maximum absolute atomic E-state index is 11.9. The van der Waals surface area contributed by atoms with Crippen molar-refractivity contribution in [2.75, 3.05) is 6.61 Å². The van der Waals surface area contributed by atoms with Crippen LogP contribution in [0.25, 0.3) is 0 Å². The van der Waals surface area contributed by atoms with E-state index in [1.165, 1.54) is 0 Å². The maximum atomic E-state index is 11.9. The molecule has 0 bridgehead atoms. The van der Waals surface area contributed by atoms with E-state index < -0.39 is 0 Å². The minimum atomic E-state index is -0.309. The third kappa shape index (κ3) is 5.39. The van der Waals surface area contributed by atoms with Gasteiger partial charge in [0.1, 0.15) is 5.75 Å². The monoisotopic (exact) mass is 344 g/mol. The Labute approximate surface area is 147 Å². The van der Waals surface area contributed by atoms with E-state index in [0.29, 0.717) is 10.9 Å². The first-order chi connectivity index (χ1) is 11.5. The lowest BCUT2D eigenvalue weighted by atomic mass is 10.0. The third-order valence-electron chi connectivity index (χ3n) is 3.42. The number of rotatable bonds is 6. The van der Waals surface area contributed by atoms with Crippen LogP contribution >= 0.6 is 11.6 Å². The zero-order chi connectivity index (χ0) is 17.5. The summed E-state index contributed by atoms with van der Waals surface area (Å²) < 4.78 is 5.66. The van der Waals surface area contributed by atoms with Crippen molar-refractivity contribution in [1.82, 2.24) is 5.43 Å². The number of ether oxygens (including phenoxy) is 1. The van der Waals surface area contributed by atoms with E-state index in [1.54, 1.807) is 18.3 Å². The lowest BCUT2D eigenvalue weighted by Crippen LogP contribution is -2.25. The summed E-state index contributed by atoms with van der Waals surface area (Å²) in [5, 5.41) is 4.57. The van der Waals surface area contributed by atoms with Gasteiger partial charge in [0.25, 0.3) is 5.91 Å². The molecule has 0 heterocycles. The van der Waals surface area contributed by atoms with Gasteiger partial charge in [-0.2, -0.15) is 5.10 Å². The molecule has 24 heavy (non-hydrogen) atoms. The number of carbonyl (C=O) groups excluding carboxylic acids is 1. The number of amides is 1. The number of nitrogens with zero attached hydrogens (tertiary/aromatic N) is 1. The second kappa shape index (κ2) is 8.50. The fourth-order valence-corrected chi connectivity index (χ4v) is 2.27. The molecule has 0 spiro atoms. The standard InChI is InChI=1S/C19H21ClN2O2/c1-13(2)17-9-4-14(3)10-18(17)24-12-19(23)22-21-11-15-5-7-16(20)8-6-15/h4-11,13H,12H2,1-3H3,(H,22,23). The summed E-state index contributed by atoms with van der Waals surface area (Å²) in [7, 11) is 0. The van der Waals surface area contributed by atoms with Crippen molar-refractivity contribution in [2.24, 2.45) is 5.10 Å². The average molecular weight is 345 g/mol. The summed E-state index contributed by atoms with van der Waals surface area (Å²) in [6, 6.07) is 13.2. The van der Waals surface area contributed by atoms with Crippen molar-refractivity contribution in [3.05, 3.63) is 64.2 Å². The zero-order valence-corrected chi connectivity index (χ0v) is 14.8. The fourth-order valence-electron chi connectivity index (χ4n) is 2.15. The number of nitrogens with one attached hydrogen (secondary N) is 1. The highest BCUT2D eigenvalue weighted by Gasteiger charge is 2.09. The van der Waals surface area contributed by atoms with Crippen molar-refractivity contribution in [3.63, 3.8) is 0 Å². The molecule has 0 aliphatic carbocycles. The van der Waals surface area contributed by atoms with Gasteiger partial charge in [-0.3, -0.25) is 4.79 Å². The second-order valence-corrected chi connectivity index (χ2v) is 6.27. The summed E-state index contributed by atoms with van der Waals surface area (Å²) >= 11 is 5.81. The molecule has 2 rings (SSSR count). The molecule has 126 valence electrons. The highest BCUT2D eigenvalue weighted by Crippen LogP contribution is 2.27.